The second-order valence-corrected chi connectivity index (χ2v) is 6.37. The molecule has 18 heavy (non-hydrogen) atoms. The molecule has 0 bridgehead atoms. The van der Waals surface area contributed by atoms with E-state index in [1.807, 2.05) is 0 Å². The van der Waals surface area contributed by atoms with E-state index in [1.54, 1.807) is 0 Å². The fourth-order valence-corrected chi connectivity index (χ4v) is 3.92. The summed E-state index contributed by atoms with van der Waals surface area (Å²) in [4.78, 5) is 2.40. The van der Waals surface area contributed by atoms with E-state index in [4.69, 9.17) is 17.3 Å². The highest BCUT2D eigenvalue weighted by atomic mass is 35.5. The molecular weight excluding hydrogens is 244 g/mol. The standard InChI is InChI=1S/C15H21ClN2/c1-10-13(16)4-3-11-12(5-8-17)15(6-7-15)9-18(2)14(10)11/h3-4,12H,5-9,17H2,1-2H3. The summed E-state index contributed by atoms with van der Waals surface area (Å²) in [6.45, 7) is 4.06. The van der Waals surface area contributed by atoms with Gasteiger partial charge >= 0.3 is 0 Å². The molecule has 0 saturated heterocycles. The summed E-state index contributed by atoms with van der Waals surface area (Å²) in [5, 5.41) is 0.874. The summed E-state index contributed by atoms with van der Waals surface area (Å²) in [6.07, 6.45) is 3.80. The molecule has 0 radical (unpaired) electrons. The Labute approximate surface area is 114 Å². The van der Waals surface area contributed by atoms with Crippen molar-refractivity contribution in [2.24, 2.45) is 11.1 Å². The molecule has 2 aliphatic rings. The third kappa shape index (κ3) is 1.66. The van der Waals surface area contributed by atoms with Crippen LogP contribution in [0, 0.1) is 12.3 Å². The van der Waals surface area contributed by atoms with Gasteiger partial charge in [0.15, 0.2) is 0 Å². The first-order valence-electron chi connectivity index (χ1n) is 6.79. The maximum Gasteiger partial charge on any atom is 0.0456 e. The number of anilines is 1. The quantitative estimate of drug-likeness (QED) is 0.888. The van der Waals surface area contributed by atoms with Gasteiger partial charge in [0.25, 0.3) is 0 Å². The van der Waals surface area contributed by atoms with Gasteiger partial charge in [-0.05, 0) is 61.3 Å². The van der Waals surface area contributed by atoms with Gasteiger partial charge < -0.3 is 10.6 Å². The monoisotopic (exact) mass is 264 g/mol. The van der Waals surface area contributed by atoms with Gasteiger partial charge in [-0.15, -0.1) is 0 Å². The summed E-state index contributed by atoms with van der Waals surface area (Å²) in [5.74, 6) is 0.629. The topological polar surface area (TPSA) is 29.3 Å². The van der Waals surface area contributed by atoms with Crippen molar-refractivity contribution in [3.05, 3.63) is 28.3 Å². The normalized spacial score (nSPS) is 24.2. The number of nitrogens with two attached hydrogens (primary N) is 1. The number of halogens is 1. The Morgan fingerprint density at radius 3 is 2.78 bits per heavy atom. The average Bonchev–Trinajstić information content (AvgIpc) is 3.09. The number of hydrogen-bond acceptors (Lipinski definition) is 2. The van der Waals surface area contributed by atoms with E-state index in [-0.39, 0.29) is 0 Å². The second-order valence-electron chi connectivity index (χ2n) is 5.96. The highest BCUT2D eigenvalue weighted by Crippen LogP contribution is 2.62. The number of hydrogen-bond donors (Lipinski definition) is 1. The number of benzene rings is 1. The lowest BCUT2D eigenvalue weighted by atomic mass is 9.76. The summed E-state index contributed by atoms with van der Waals surface area (Å²) in [7, 11) is 2.20. The van der Waals surface area contributed by atoms with E-state index in [0.29, 0.717) is 11.3 Å². The Morgan fingerprint density at radius 2 is 2.17 bits per heavy atom. The molecule has 1 aliphatic heterocycles. The Kier molecular flexibility index (Phi) is 2.83. The van der Waals surface area contributed by atoms with Gasteiger partial charge in [-0.25, -0.2) is 0 Å². The fraction of sp³-hybridized carbons (Fsp3) is 0.600. The van der Waals surface area contributed by atoms with Gasteiger partial charge in [0.05, 0.1) is 0 Å². The first kappa shape index (κ1) is 12.3. The van der Waals surface area contributed by atoms with Gasteiger partial charge in [0.2, 0.25) is 0 Å². The minimum atomic E-state index is 0.501. The zero-order chi connectivity index (χ0) is 12.9. The van der Waals surface area contributed by atoms with Gasteiger partial charge in [0, 0.05) is 24.3 Å². The van der Waals surface area contributed by atoms with E-state index in [9.17, 15) is 0 Å². The van der Waals surface area contributed by atoms with Crippen LogP contribution < -0.4 is 10.6 Å². The third-order valence-corrected chi connectivity index (χ3v) is 5.20. The summed E-state index contributed by atoms with van der Waals surface area (Å²) in [5.41, 5.74) is 10.4. The van der Waals surface area contributed by atoms with E-state index in [2.05, 4.69) is 31.0 Å². The van der Waals surface area contributed by atoms with Gasteiger partial charge in [-0.2, -0.15) is 0 Å². The second kappa shape index (κ2) is 4.14. The number of rotatable bonds is 2. The van der Waals surface area contributed by atoms with Gasteiger partial charge in [-0.1, -0.05) is 17.7 Å². The summed E-state index contributed by atoms with van der Waals surface area (Å²) < 4.78 is 0. The smallest absolute Gasteiger partial charge is 0.0456 e. The van der Waals surface area contributed by atoms with E-state index in [0.717, 1.165) is 24.5 Å². The van der Waals surface area contributed by atoms with Crippen LogP contribution in [0.25, 0.3) is 0 Å². The molecule has 1 heterocycles. The van der Waals surface area contributed by atoms with Crippen molar-refractivity contribution < 1.29 is 0 Å². The largest absolute Gasteiger partial charge is 0.374 e. The molecule has 3 heteroatoms. The first-order valence-corrected chi connectivity index (χ1v) is 7.17. The Bertz CT molecular complexity index is 480. The molecular formula is C15H21ClN2. The van der Waals surface area contributed by atoms with Gasteiger partial charge in [0.1, 0.15) is 0 Å². The molecule has 98 valence electrons. The Morgan fingerprint density at radius 1 is 1.44 bits per heavy atom. The van der Waals surface area contributed by atoms with E-state index < -0.39 is 0 Å². The lowest BCUT2D eigenvalue weighted by Crippen LogP contribution is -2.38. The van der Waals surface area contributed by atoms with Gasteiger partial charge in [-0.3, -0.25) is 0 Å². The highest BCUT2D eigenvalue weighted by Gasteiger charge is 2.53. The van der Waals surface area contributed by atoms with E-state index >= 15 is 0 Å². The van der Waals surface area contributed by atoms with Crippen LogP contribution in [0.2, 0.25) is 5.02 Å². The maximum atomic E-state index is 6.27. The fourth-order valence-electron chi connectivity index (χ4n) is 3.77. The zero-order valence-corrected chi connectivity index (χ0v) is 11.9. The molecule has 3 rings (SSSR count). The van der Waals surface area contributed by atoms with Crippen molar-refractivity contribution in [2.45, 2.75) is 32.1 Å². The molecule has 2 N–H and O–H groups in total. The molecule has 1 atom stereocenters. The van der Waals surface area contributed by atoms with Crippen LogP contribution >= 0.6 is 11.6 Å². The van der Waals surface area contributed by atoms with Crippen molar-refractivity contribution in [3.63, 3.8) is 0 Å². The molecule has 1 fully saturated rings. The third-order valence-electron chi connectivity index (χ3n) is 4.79. The molecule has 1 saturated carbocycles. The first-order chi connectivity index (χ1) is 8.59. The van der Waals surface area contributed by atoms with Crippen LogP contribution in [0.1, 0.15) is 36.3 Å². The molecule has 0 aromatic heterocycles. The van der Waals surface area contributed by atoms with Crippen molar-refractivity contribution in [3.8, 4) is 0 Å². The molecule has 1 aliphatic carbocycles. The van der Waals surface area contributed by atoms with Crippen LogP contribution in [-0.2, 0) is 0 Å². The number of fused-ring (bicyclic) bond motifs is 1. The predicted molar refractivity (Wildman–Crippen MR) is 77.5 cm³/mol. The minimum absolute atomic E-state index is 0.501. The van der Waals surface area contributed by atoms with Crippen LogP contribution in [-0.4, -0.2) is 20.1 Å². The van der Waals surface area contributed by atoms with Crippen molar-refractivity contribution in [2.75, 3.05) is 25.0 Å². The zero-order valence-electron chi connectivity index (χ0n) is 11.2. The molecule has 1 aromatic carbocycles. The predicted octanol–water partition coefficient (Wildman–Crippen LogP) is 3.31. The minimum Gasteiger partial charge on any atom is -0.374 e. The molecule has 0 amide bonds. The summed E-state index contributed by atoms with van der Waals surface area (Å²) >= 11 is 6.27. The molecule has 1 spiro atoms. The SMILES string of the molecule is Cc1c(Cl)ccc2c1N(C)CC1(CC1)C2CCN. The van der Waals surface area contributed by atoms with Crippen LogP contribution in [0.4, 0.5) is 5.69 Å². The lowest BCUT2D eigenvalue weighted by Gasteiger charge is -2.41. The highest BCUT2D eigenvalue weighted by molar-refractivity contribution is 6.31. The van der Waals surface area contributed by atoms with Crippen LogP contribution in [0.15, 0.2) is 12.1 Å². The maximum absolute atomic E-state index is 6.27. The molecule has 2 nitrogen and oxygen atoms in total. The summed E-state index contributed by atoms with van der Waals surface area (Å²) in [6, 6.07) is 4.27. The Balaban J connectivity index is 2.12. The van der Waals surface area contributed by atoms with Crippen LogP contribution in [0.3, 0.4) is 0 Å². The van der Waals surface area contributed by atoms with E-state index in [1.165, 1.54) is 29.7 Å². The van der Waals surface area contributed by atoms with Crippen molar-refractivity contribution in [1.82, 2.24) is 0 Å². The lowest BCUT2D eigenvalue weighted by molar-refractivity contribution is 0.369. The molecule has 1 unspecified atom stereocenters. The number of nitrogens with zero attached hydrogens (tertiary/aromatic N) is 1. The Hall–Kier alpha value is -0.730. The average molecular weight is 265 g/mol. The van der Waals surface area contributed by atoms with Crippen molar-refractivity contribution >= 4 is 17.3 Å². The van der Waals surface area contributed by atoms with Crippen LogP contribution in [0.5, 0.6) is 0 Å². The van der Waals surface area contributed by atoms with Crippen molar-refractivity contribution in [1.29, 1.82) is 0 Å². The molecule has 1 aromatic rings.